The van der Waals surface area contributed by atoms with Crippen molar-refractivity contribution >= 4 is 10.8 Å². The molecule has 0 saturated heterocycles. The van der Waals surface area contributed by atoms with E-state index in [1.165, 1.54) is 55.3 Å². The van der Waals surface area contributed by atoms with Crippen molar-refractivity contribution in [3.63, 3.8) is 0 Å². The molecule has 9 rings (SSSR count). The van der Waals surface area contributed by atoms with Gasteiger partial charge in [-0.2, -0.15) is 0 Å². The van der Waals surface area contributed by atoms with Crippen LogP contribution in [0.15, 0.2) is 170 Å². The van der Waals surface area contributed by atoms with E-state index in [0.717, 1.165) is 28.1 Å². The van der Waals surface area contributed by atoms with Crippen LogP contribution in [0.25, 0.3) is 78.1 Å². The molecule has 0 bridgehead atoms. The summed E-state index contributed by atoms with van der Waals surface area (Å²) < 4.78 is 0. The molecule has 0 saturated carbocycles. The normalized spacial score (nSPS) is 12.9. The van der Waals surface area contributed by atoms with E-state index in [0.29, 0.717) is 5.82 Å². The van der Waals surface area contributed by atoms with E-state index < -0.39 is 0 Å². The van der Waals surface area contributed by atoms with Gasteiger partial charge < -0.3 is 0 Å². The standard InChI is InChI=1S/C47H34N2/c1-47(2)40-23-12-11-22-39(40)45-41(47)29-35-18-9-10-21-38(35)44(45)36-19-13-20-37(28-36)46-48-42(33-16-7-4-8-17-33)30-43(49-46)34-26-24-32(25-27-34)31-14-5-3-6-15-31/h3-30H,1-2H3. The molecule has 49 heavy (non-hydrogen) atoms. The lowest BCUT2D eigenvalue weighted by Gasteiger charge is -2.23. The van der Waals surface area contributed by atoms with E-state index in [1.54, 1.807) is 0 Å². The zero-order chi connectivity index (χ0) is 33.0. The van der Waals surface area contributed by atoms with Crippen LogP contribution in [-0.2, 0) is 5.41 Å². The first-order valence-electron chi connectivity index (χ1n) is 16.9. The first kappa shape index (κ1) is 29.1. The van der Waals surface area contributed by atoms with Crippen LogP contribution >= 0.6 is 0 Å². The number of fused-ring (bicyclic) bond motifs is 4. The van der Waals surface area contributed by atoms with Gasteiger partial charge in [0.2, 0.25) is 0 Å². The van der Waals surface area contributed by atoms with Crippen molar-refractivity contribution in [2.45, 2.75) is 19.3 Å². The fourth-order valence-electron chi connectivity index (χ4n) is 7.57. The van der Waals surface area contributed by atoms with Gasteiger partial charge >= 0.3 is 0 Å². The summed E-state index contributed by atoms with van der Waals surface area (Å²) in [5.74, 6) is 0.711. The second-order valence-corrected chi connectivity index (χ2v) is 13.4. The summed E-state index contributed by atoms with van der Waals surface area (Å²) in [7, 11) is 0. The Hall–Kier alpha value is -6.12. The van der Waals surface area contributed by atoms with Crippen LogP contribution in [0.2, 0.25) is 0 Å². The first-order valence-corrected chi connectivity index (χ1v) is 16.9. The van der Waals surface area contributed by atoms with Crippen molar-refractivity contribution in [1.29, 1.82) is 0 Å². The van der Waals surface area contributed by atoms with Gasteiger partial charge in [0.15, 0.2) is 5.82 Å². The van der Waals surface area contributed by atoms with Crippen molar-refractivity contribution in [1.82, 2.24) is 9.97 Å². The number of hydrogen-bond donors (Lipinski definition) is 0. The lowest BCUT2D eigenvalue weighted by molar-refractivity contribution is 0.661. The molecular weight excluding hydrogens is 593 g/mol. The largest absolute Gasteiger partial charge is 0.228 e. The molecule has 0 atom stereocenters. The minimum absolute atomic E-state index is 0.0968. The van der Waals surface area contributed by atoms with Gasteiger partial charge in [-0.1, -0.05) is 166 Å². The molecule has 1 aromatic heterocycles. The molecule has 0 unspecified atom stereocenters. The third kappa shape index (κ3) is 4.96. The van der Waals surface area contributed by atoms with E-state index in [9.17, 15) is 0 Å². The van der Waals surface area contributed by atoms with E-state index >= 15 is 0 Å². The number of nitrogens with zero attached hydrogens (tertiary/aromatic N) is 2. The summed E-state index contributed by atoms with van der Waals surface area (Å²) in [6.45, 7) is 4.70. The maximum Gasteiger partial charge on any atom is 0.160 e. The van der Waals surface area contributed by atoms with Gasteiger partial charge in [-0.05, 0) is 73.5 Å². The second kappa shape index (κ2) is 11.5. The summed E-state index contributed by atoms with van der Waals surface area (Å²) in [4.78, 5) is 10.4. The Morgan fingerprint density at radius 1 is 0.388 bits per heavy atom. The van der Waals surface area contributed by atoms with Crippen molar-refractivity contribution in [2.75, 3.05) is 0 Å². The minimum atomic E-state index is -0.0968. The van der Waals surface area contributed by atoms with E-state index in [1.807, 2.05) is 12.1 Å². The summed E-state index contributed by atoms with van der Waals surface area (Å²) in [6.07, 6.45) is 0. The maximum atomic E-state index is 5.22. The van der Waals surface area contributed by atoms with Crippen LogP contribution in [0, 0.1) is 0 Å². The molecule has 2 nitrogen and oxygen atoms in total. The molecule has 1 heterocycles. The minimum Gasteiger partial charge on any atom is -0.228 e. The summed E-state index contributed by atoms with van der Waals surface area (Å²) in [6, 6.07) is 60.6. The Morgan fingerprint density at radius 2 is 0.939 bits per heavy atom. The zero-order valence-electron chi connectivity index (χ0n) is 27.6. The topological polar surface area (TPSA) is 25.8 Å². The molecule has 1 aliphatic rings. The Kier molecular flexibility index (Phi) is 6.84. The highest BCUT2D eigenvalue weighted by atomic mass is 14.9. The number of hydrogen-bond acceptors (Lipinski definition) is 2. The molecule has 7 aromatic carbocycles. The average molecular weight is 627 g/mol. The van der Waals surface area contributed by atoms with Crippen molar-refractivity contribution in [3.8, 4) is 67.3 Å². The van der Waals surface area contributed by atoms with Crippen molar-refractivity contribution in [3.05, 3.63) is 181 Å². The summed E-state index contributed by atoms with van der Waals surface area (Å²) in [5.41, 5.74) is 15.0. The number of benzene rings is 7. The van der Waals surface area contributed by atoms with Crippen LogP contribution in [0.3, 0.4) is 0 Å². The van der Waals surface area contributed by atoms with Gasteiger partial charge in [0.25, 0.3) is 0 Å². The van der Waals surface area contributed by atoms with Crippen molar-refractivity contribution < 1.29 is 0 Å². The quantitative estimate of drug-likeness (QED) is 0.190. The van der Waals surface area contributed by atoms with Gasteiger partial charge in [0.1, 0.15) is 0 Å². The van der Waals surface area contributed by atoms with E-state index in [2.05, 4.69) is 172 Å². The fraction of sp³-hybridized carbons (Fsp3) is 0.0638. The molecule has 2 heteroatoms. The molecule has 0 fully saturated rings. The monoisotopic (exact) mass is 626 g/mol. The highest BCUT2D eigenvalue weighted by molar-refractivity contribution is 6.08. The third-order valence-corrected chi connectivity index (χ3v) is 10.1. The smallest absolute Gasteiger partial charge is 0.160 e. The van der Waals surface area contributed by atoms with E-state index in [-0.39, 0.29) is 5.41 Å². The molecule has 0 aliphatic heterocycles. The van der Waals surface area contributed by atoms with Gasteiger partial charge in [-0.25, -0.2) is 9.97 Å². The summed E-state index contributed by atoms with van der Waals surface area (Å²) >= 11 is 0. The second-order valence-electron chi connectivity index (χ2n) is 13.4. The number of aromatic nitrogens is 2. The average Bonchev–Trinajstić information content (AvgIpc) is 3.40. The zero-order valence-corrected chi connectivity index (χ0v) is 27.6. The predicted molar refractivity (Wildman–Crippen MR) is 204 cm³/mol. The van der Waals surface area contributed by atoms with Crippen LogP contribution in [0.1, 0.15) is 25.0 Å². The third-order valence-electron chi connectivity index (χ3n) is 10.1. The fourth-order valence-corrected chi connectivity index (χ4v) is 7.57. The van der Waals surface area contributed by atoms with Gasteiger partial charge in [-0.15, -0.1) is 0 Å². The lowest BCUT2D eigenvalue weighted by atomic mass is 9.80. The predicted octanol–water partition coefficient (Wildman–Crippen LogP) is 12.3. The molecule has 0 amide bonds. The molecule has 8 aromatic rings. The Bertz CT molecular complexity index is 2490. The molecule has 1 aliphatic carbocycles. The Balaban J connectivity index is 1.22. The maximum absolute atomic E-state index is 5.22. The van der Waals surface area contributed by atoms with Crippen LogP contribution in [0.4, 0.5) is 0 Å². The highest BCUT2D eigenvalue weighted by Crippen LogP contribution is 2.54. The Morgan fingerprint density at radius 3 is 1.69 bits per heavy atom. The molecule has 0 radical (unpaired) electrons. The lowest BCUT2D eigenvalue weighted by Crippen LogP contribution is -2.14. The molecular formula is C47H34N2. The number of rotatable bonds is 5. The van der Waals surface area contributed by atoms with Gasteiger partial charge in [0.05, 0.1) is 11.4 Å². The highest BCUT2D eigenvalue weighted by Gasteiger charge is 2.37. The Labute approximate surface area is 287 Å². The van der Waals surface area contributed by atoms with Crippen molar-refractivity contribution in [2.24, 2.45) is 0 Å². The summed E-state index contributed by atoms with van der Waals surface area (Å²) in [5, 5.41) is 2.51. The van der Waals surface area contributed by atoms with Gasteiger partial charge in [0, 0.05) is 22.1 Å². The van der Waals surface area contributed by atoms with Crippen LogP contribution in [0.5, 0.6) is 0 Å². The molecule has 0 spiro atoms. The van der Waals surface area contributed by atoms with Crippen LogP contribution < -0.4 is 0 Å². The van der Waals surface area contributed by atoms with Crippen LogP contribution in [-0.4, -0.2) is 9.97 Å². The first-order chi connectivity index (χ1) is 24.0. The molecule has 232 valence electrons. The van der Waals surface area contributed by atoms with Gasteiger partial charge in [-0.3, -0.25) is 0 Å². The SMILES string of the molecule is CC1(C)c2ccccc2-c2c1cc1ccccc1c2-c1cccc(-c2nc(-c3ccccc3)cc(-c3ccc(-c4ccccc4)cc3)n2)c1. The molecule has 0 N–H and O–H groups in total. The van der Waals surface area contributed by atoms with E-state index in [4.69, 9.17) is 9.97 Å².